The monoisotopic (exact) mass is 541 g/mol. The van der Waals surface area contributed by atoms with E-state index in [4.69, 9.17) is 4.74 Å². The second kappa shape index (κ2) is 10.5. The lowest BCUT2D eigenvalue weighted by Crippen LogP contribution is -2.23. The van der Waals surface area contributed by atoms with Crippen LogP contribution in [0.25, 0.3) is 11.3 Å². The number of carbonyl (C=O) groups excluding carboxylic acids is 1. The average Bonchev–Trinajstić information content (AvgIpc) is 3.61. The van der Waals surface area contributed by atoms with Gasteiger partial charge in [-0.05, 0) is 31.4 Å². The van der Waals surface area contributed by atoms with E-state index in [2.05, 4.69) is 25.0 Å². The van der Waals surface area contributed by atoms with Crippen molar-refractivity contribution in [1.29, 1.82) is 0 Å². The number of carbonyl (C=O) groups is 1. The molecule has 192 valence electrons. The van der Waals surface area contributed by atoms with E-state index in [1.807, 2.05) is 0 Å². The second-order valence-corrected chi connectivity index (χ2v) is 10.9. The van der Waals surface area contributed by atoms with E-state index in [1.165, 1.54) is 25.4 Å². The van der Waals surface area contributed by atoms with Gasteiger partial charge in [0.25, 0.3) is 0 Å². The van der Waals surface area contributed by atoms with Crippen molar-refractivity contribution in [3.63, 3.8) is 0 Å². The fourth-order valence-corrected chi connectivity index (χ4v) is 5.68. The van der Waals surface area contributed by atoms with Crippen molar-refractivity contribution >= 4 is 38.1 Å². The number of aromatic nitrogens is 3. The fourth-order valence-electron chi connectivity index (χ4n) is 3.32. The topological polar surface area (TPSA) is 123 Å². The summed E-state index contributed by atoms with van der Waals surface area (Å²) in [6.07, 6.45) is -1.20. The van der Waals surface area contributed by atoms with Gasteiger partial charge in [0.15, 0.2) is 10.8 Å². The highest BCUT2D eigenvalue weighted by molar-refractivity contribution is 7.93. The summed E-state index contributed by atoms with van der Waals surface area (Å²) in [5, 5.41) is 4.18. The van der Waals surface area contributed by atoms with E-state index in [0.29, 0.717) is 42.4 Å². The number of anilines is 2. The molecule has 14 heteroatoms. The molecule has 1 aromatic carbocycles. The van der Waals surface area contributed by atoms with Crippen LogP contribution in [0.2, 0.25) is 0 Å². The molecule has 0 spiro atoms. The molecule has 0 radical (unpaired) electrons. The molecule has 1 unspecified atom stereocenters. The van der Waals surface area contributed by atoms with Gasteiger partial charge in [-0.3, -0.25) is 14.5 Å². The van der Waals surface area contributed by atoms with Crippen LogP contribution in [0.4, 0.5) is 24.0 Å². The molecule has 0 aliphatic heterocycles. The van der Waals surface area contributed by atoms with Crippen LogP contribution in [0.15, 0.2) is 42.0 Å². The van der Waals surface area contributed by atoms with Crippen molar-refractivity contribution in [2.75, 3.05) is 23.8 Å². The summed E-state index contributed by atoms with van der Waals surface area (Å²) >= 11 is 1.09. The number of thiazole rings is 1. The first-order valence-electron chi connectivity index (χ1n) is 10.8. The SMILES string of the molecule is COCCC(C(=O)Nc1ccc(-c2cncc(C(F)(F)F)n2)cc1)c1csc(NS(=O)(=O)C2CC2)n1. The molecular weight excluding hydrogens is 519 g/mol. The van der Waals surface area contributed by atoms with Crippen LogP contribution >= 0.6 is 11.3 Å². The molecule has 2 heterocycles. The number of nitrogens with zero attached hydrogens (tertiary/aromatic N) is 3. The van der Waals surface area contributed by atoms with Gasteiger partial charge in [0.1, 0.15) is 0 Å². The van der Waals surface area contributed by atoms with E-state index in [0.717, 1.165) is 11.3 Å². The lowest BCUT2D eigenvalue weighted by molar-refractivity contribution is -0.141. The highest BCUT2D eigenvalue weighted by Gasteiger charge is 2.36. The third kappa shape index (κ3) is 6.36. The van der Waals surface area contributed by atoms with Gasteiger partial charge in [-0.15, -0.1) is 11.3 Å². The molecule has 0 saturated heterocycles. The number of nitrogens with one attached hydrogen (secondary N) is 2. The molecule has 1 saturated carbocycles. The molecule has 2 N–H and O–H groups in total. The number of hydrogen-bond donors (Lipinski definition) is 2. The van der Waals surface area contributed by atoms with Crippen LogP contribution in [0.3, 0.4) is 0 Å². The Morgan fingerprint density at radius 2 is 1.92 bits per heavy atom. The summed E-state index contributed by atoms with van der Waals surface area (Å²) in [4.78, 5) is 24.6. The van der Waals surface area contributed by atoms with Gasteiger partial charge >= 0.3 is 6.18 Å². The predicted octanol–water partition coefficient (Wildman–Crippen LogP) is 4.28. The zero-order valence-electron chi connectivity index (χ0n) is 18.9. The average molecular weight is 542 g/mol. The normalized spacial score (nSPS) is 14.9. The summed E-state index contributed by atoms with van der Waals surface area (Å²) in [6.45, 7) is 0.270. The number of sulfonamides is 1. The number of benzene rings is 1. The van der Waals surface area contributed by atoms with Crippen molar-refractivity contribution in [3.8, 4) is 11.3 Å². The Morgan fingerprint density at radius 1 is 1.19 bits per heavy atom. The molecule has 0 bridgehead atoms. The lowest BCUT2D eigenvalue weighted by atomic mass is 10.0. The maximum absolute atomic E-state index is 13.1. The van der Waals surface area contributed by atoms with Crippen LogP contribution in [-0.2, 0) is 25.7 Å². The Morgan fingerprint density at radius 3 is 2.56 bits per heavy atom. The summed E-state index contributed by atoms with van der Waals surface area (Å²) < 4.78 is 70.7. The summed E-state index contributed by atoms with van der Waals surface area (Å²) in [7, 11) is -1.97. The predicted molar refractivity (Wildman–Crippen MR) is 128 cm³/mol. The molecule has 1 aliphatic carbocycles. The number of hydrogen-bond acceptors (Lipinski definition) is 8. The Hall–Kier alpha value is -3.10. The lowest BCUT2D eigenvalue weighted by Gasteiger charge is -2.15. The number of alkyl halides is 3. The van der Waals surface area contributed by atoms with Crippen LogP contribution < -0.4 is 10.0 Å². The van der Waals surface area contributed by atoms with Crippen molar-refractivity contribution < 1.29 is 31.1 Å². The van der Waals surface area contributed by atoms with Crippen molar-refractivity contribution in [1.82, 2.24) is 15.0 Å². The number of ether oxygens (including phenoxy) is 1. The molecule has 4 rings (SSSR count). The van der Waals surface area contributed by atoms with E-state index in [9.17, 15) is 26.4 Å². The molecule has 1 fully saturated rings. The molecule has 1 aliphatic rings. The minimum absolute atomic E-state index is 0.0457. The van der Waals surface area contributed by atoms with Crippen molar-refractivity contribution in [2.24, 2.45) is 0 Å². The molecule has 1 atom stereocenters. The van der Waals surface area contributed by atoms with Gasteiger partial charge in [0.05, 0.1) is 34.9 Å². The van der Waals surface area contributed by atoms with E-state index < -0.39 is 33.1 Å². The first-order chi connectivity index (χ1) is 17.1. The number of methoxy groups -OCH3 is 1. The second-order valence-electron chi connectivity index (χ2n) is 8.11. The van der Waals surface area contributed by atoms with E-state index in [1.54, 1.807) is 17.5 Å². The van der Waals surface area contributed by atoms with Gasteiger partial charge in [-0.2, -0.15) is 13.2 Å². The largest absolute Gasteiger partial charge is 0.434 e. The fraction of sp³-hybridized carbons (Fsp3) is 0.364. The Balaban J connectivity index is 1.47. The highest BCUT2D eigenvalue weighted by atomic mass is 32.2. The molecular formula is C22H22F3N5O4S2. The third-order valence-electron chi connectivity index (χ3n) is 5.37. The molecule has 2 aromatic heterocycles. The third-order valence-corrected chi connectivity index (χ3v) is 8.10. The number of halogens is 3. The molecule has 36 heavy (non-hydrogen) atoms. The maximum Gasteiger partial charge on any atom is 0.434 e. The smallest absolute Gasteiger partial charge is 0.385 e. The van der Waals surface area contributed by atoms with Gasteiger partial charge in [-0.1, -0.05) is 12.1 Å². The quantitative estimate of drug-likeness (QED) is 0.393. The van der Waals surface area contributed by atoms with Gasteiger partial charge < -0.3 is 10.1 Å². The number of amides is 1. The van der Waals surface area contributed by atoms with Crippen molar-refractivity contribution in [2.45, 2.75) is 36.6 Å². The first-order valence-corrected chi connectivity index (χ1v) is 13.3. The van der Waals surface area contributed by atoms with Crippen LogP contribution in [0, 0.1) is 0 Å². The minimum Gasteiger partial charge on any atom is -0.385 e. The summed E-state index contributed by atoms with van der Waals surface area (Å²) in [5.41, 5.74) is 0.161. The molecule has 3 aromatic rings. The molecule has 1 amide bonds. The molecule has 9 nitrogen and oxygen atoms in total. The minimum atomic E-state index is -4.61. The van der Waals surface area contributed by atoms with Crippen molar-refractivity contribution in [3.05, 3.63) is 53.4 Å². The standard InChI is InChI=1S/C22H22F3N5O4S2/c1-34-9-8-16(18-12-35-21(29-18)30-36(32,33)15-6-7-15)20(31)27-14-4-2-13(3-5-14)17-10-26-11-19(28-17)22(23,24)25/h2-5,10-12,15-16H,6-9H2,1H3,(H,27,31)(H,29,30). The maximum atomic E-state index is 13.1. The zero-order valence-corrected chi connectivity index (χ0v) is 20.6. The van der Waals surface area contributed by atoms with Crippen LogP contribution in [0.1, 0.15) is 36.6 Å². The van der Waals surface area contributed by atoms with Gasteiger partial charge in [0, 0.05) is 30.3 Å². The van der Waals surface area contributed by atoms with Gasteiger partial charge in [-0.25, -0.2) is 18.4 Å². The number of rotatable bonds is 10. The Bertz CT molecular complexity index is 1330. The highest BCUT2D eigenvalue weighted by Crippen LogP contribution is 2.32. The Kier molecular flexibility index (Phi) is 7.57. The summed E-state index contributed by atoms with van der Waals surface area (Å²) in [5.74, 6) is -1.10. The van der Waals surface area contributed by atoms with Crippen LogP contribution in [0.5, 0.6) is 0 Å². The summed E-state index contributed by atoms with van der Waals surface area (Å²) in [6, 6.07) is 6.13. The zero-order chi connectivity index (χ0) is 25.9. The van der Waals surface area contributed by atoms with E-state index >= 15 is 0 Å². The van der Waals surface area contributed by atoms with E-state index in [-0.39, 0.29) is 23.3 Å². The van der Waals surface area contributed by atoms with Crippen LogP contribution in [-0.4, -0.2) is 48.2 Å². The Labute approximate surface area is 209 Å². The first kappa shape index (κ1) is 26.0. The van der Waals surface area contributed by atoms with Gasteiger partial charge in [0.2, 0.25) is 15.9 Å².